The van der Waals surface area contributed by atoms with Gasteiger partial charge in [0, 0.05) is 38.1 Å². The maximum Gasteiger partial charge on any atom is 0.0361 e. The molecule has 0 bridgehead atoms. The van der Waals surface area contributed by atoms with Crippen LogP contribution in [0.4, 0.5) is 0 Å². The molecule has 0 radical (unpaired) electrons. The van der Waals surface area contributed by atoms with Gasteiger partial charge >= 0.3 is 0 Å². The fraction of sp³-hybridized carbons (Fsp3) is 0.444. The van der Waals surface area contributed by atoms with Crippen molar-refractivity contribution >= 4 is 24.8 Å². The third kappa shape index (κ3) is 5.85. The third-order valence-electron chi connectivity index (χ3n) is 4.46. The van der Waals surface area contributed by atoms with Crippen molar-refractivity contribution < 1.29 is 0 Å². The number of hydrogen-bond donors (Lipinski definition) is 1. The molecule has 0 saturated carbocycles. The van der Waals surface area contributed by atoms with Crippen molar-refractivity contribution in [3.63, 3.8) is 0 Å². The molecular formula is C18H27Cl2N3. The predicted molar refractivity (Wildman–Crippen MR) is 101 cm³/mol. The van der Waals surface area contributed by atoms with Crippen LogP contribution in [0.2, 0.25) is 0 Å². The van der Waals surface area contributed by atoms with Gasteiger partial charge in [0.05, 0.1) is 0 Å². The zero-order valence-corrected chi connectivity index (χ0v) is 15.3. The summed E-state index contributed by atoms with van der Waals surface area (Å²) in [5.74, 6) is 0. The SMILES string of the molecule is Cl.Cl.Cn1cccc1CNC1CCN(Cc2ccccc2)CC1. The highest BCUT2D eigenvalue weighted by molar-refractivity contribution is 5.85. The molecule has 1 aliphatic rings. The Morgan fingerprint density at radius 3 is 2.30 bits per heavy atom. The summed E-state index contributed by atoms with van der Waals surface area (Å²) in [4.78, 5) is 2.57. The standard InChI is InChI=1S/C18H25N3.2ClH/c1-20-11-5-8-18(20)14-19-17-9-12-21(13-10-17)15-16-6-3-2-4-7-16;;/h2-8,11,17,19H,9-10,12-15H2,1H3;2*1H. The Kier molecular flexibility index (Phi) is 8.71. The van der Waals surface area contributed by atoms with E-state index in [1.807, 2.05) is 0 Å². The van der Waals surface area contributed by atoms with E-state index < -0.39 is 0 Å². The molecule has 128 valence electrons. The number of hydrogen-bond acceptors (Lipinski definition) is 2. The molecule has 1 aromatic carbocycles. The van der Waals surface area contributed by atoms with E-state index in [0.717, 1.165) is 13.1 Å². The molecule has 1 fully saturated rings. The van der Waals surface area contributed by atoms with E-state index >= 15 is 0 Å². The highest BCUT2D eigenvalue weighted by atomic mass is 35.5. The number of rotatable bonds is 5. The monoisotopic (exact) mass is 355 g/mol. The summed E-state index contributed by atoms with van der Waals surface area (Å²) in [6, 6.07) is 15.7. The predicted octanol–water partition coefficient (Wildman–Crippen LogP) is 3.62. The molecule has 3 rings (SSSR count). The van der Waals surface area contributed by atoms with Crippen LogP contribution in [0.5, 0.6) is 0 Å². The van der Waals surface area contributed by atoms with Crippen molar-refractivity contribution in [2.45, 2.75) is 32.0 Å². The Morgan fingerprint density at radius 2 is 1.70 bits per heavy atom. The summed E-state index contributed by atoms with van der Waals surface area (Å²) >= 11 is 0. The zero-order chi connectivity index (χ0) is 14.5. The smallest absolute Gasteiger partial charge is 0.0361 e. The van der Waals surface area contributed by atoms with Gasteiger partial charge in [-0.25, -0.2) is 0 Å². The lowest BCUT2D eigenvalue weighted by Gasteiger charge is -2.32. The van der Waals surface area contributed by atoms with Gasteiger partial charge in [0.15, 0.2) is 0 Å². The highest BCUT2D eigenvalue weighted by Gasteiger charge is 2.18. The molecule has 0 spiro atoms. The van der Waals surface area contributed by atoms with Gasteiger partial charge in [-0.2, -0.15) is 0 Å². The lowest BCUT2D eigenvalue weighted by atomic mass is 10.0. The van der Waals surface area contributed by atoms with Gasteiger partial charge in [0.1, 0.15) is 0 Å². The Labute approximate surface area is 151 Å². The number of nitrogens with one attached hydrogen (secondary N) is 1. The van der Waals surface area contributed by atoms with Gasteiger partial charge in [-0.15, -0.1) is 24.8 Å². The number of aromatic nitrogens is 1. The Hall–Kier alpha value is -1.00. The molecule has 1 saturated heterocycles. The van der Waals surface area contributed by atoms with Crippen molar-refractivity contribution in [1.82, 2.24) is 14.8 Å². The summed E-state index contributed by atoms with van der Waals surface area (Å²) in [7, 11) is 2.11. The van der Waals surface area contributed by atoms with Gasteiger partial charge in [0.25, 0.3) is 0 Å². The number of benzene rings is 1. The molecule has 0 atom stereocenters. The molecule has 5 heteroatoms. The van der Waals surface area contributed by atoms with Gasteiger partial charge in [0.2, 0.25) is 0 Å². The van der Waals surface area contributed by atoms with Crippen molar-refractivity contribution in [3.05, 3.63) is 59.9 Å². The minimum absolute atomic E-state index is 0. The lowest BCUT2D eigenvalue weighted by Crippen LogP contribution is -2.42. The Balaban J connectivity index is 0.00000132. The summed E-state index contributed by atoms with van der Waals surface area (Å²) in [5, 5.41) is 3.70. The van der Waals surface area contributed by atoms with E-state index in [-0.39, 0.29) is 24.8 Å². The minimum atomic E-state index is 0. The average Bonchev–Trinajstić information content (AvgIpc) is 2.93. The molecule has 0 amide bonds. The van der Waals surface area contributed by atoms with Gasteiger partial charge in [-0.1, -0.05) is 30.3 Å². The minimum Gasteiger partial charge on any atom is -0.353 e. The van der Waals surface area contributed by atoms with E-state index in [4.69, 9.17) is 0 Å². The molecule has 2 heterocycles. The van der Waals surface area contributed by atoms with Gasteiger partial charge in [-0.3, -0.25) is 4.90 Å². The topological polar surface area (TPSA) is 20.2 Å². The van der Waals surface area contributed by atoms with Crippen molar-refractivity contribution in [3.8, 4) is 0 Å². The molecule has 23 heavy (non-hydrogen) atoms. The number of nitrogens with zero attached hydrogens (tertiary/aromatic N) is 2. The van der Waals surface area contributed by atoms with Crippen LogP contribution in [0.15, 0.2) is 48.7 Å². The van der Waals surface area contributed by atoms with Crippen LogP contribution in [-0.2, 0) is 20.1 Å². The Morgan fingerprint density at radius 1 is 1.00 bits per heavy atom. The lowest BCUT2D eigenvalue weighted by molar-refractivity contribution is 0.189. The van der Waals surface area contributed by atoms with E-state index in [9.17, 15) is 0 Å². The van der Waals surface area contributed by atoms with Crippen molar-refractivity contribution in [2.75, 3.05) is 13.1 Å². The maximum absolute atomic E-state index is 3.70. The molecule has 1 aliphatic heterocycles. The largest absolute Gasteiger partial charge is 0.353 e. The van der Waals surface area contributed by atoms with E-state index in [1.54, 1.807) is 0 Å². The number of aryl methyl sites for hydroxylation is 1. The molecule has 3 nitrogen and oxygen atoms in total. The Bertz CT molecular complexity index is 548. The zero-order valence-electron chi connectivity index (χ0n) is 13.6. The number of halogens is 2. The molecule has 2 aromatic rings. The fourth-order valence-electron chi connectivity index (χ4n) is 3.07. The number of likely N-dealkylation sites (tertiary alicyclic amines) is 1. The first-order valence-corrected chi connectivity index (χ1v) is 7.91. The van der Waals surface area contributed by atoms with Crippen molar-refractivity contribution in [1.29, 1.82) is 0 Å². The van der Waals surface area contributed by atoms with E-state index in [2.05, 4.69) is 70.5 Å². The van der Waals surface area contributed by atoms with E-state index in [0.29, 0.717) is 6.04 Å². The first-order chi connectivity index (χ1) is 10.3. The second-order valence-electron chi connectivity index (χ2n) is 6.03. The maximum atomic E-state index is 3.70. The van der Waals surface area contributed by atoms with Crippen molar-refractivity contribution in [2.24, 2.45) is 7.05 Å². The first-order valence-electron chi connectivity index (χ1n) is 7.91. The van der Waals surface area contributed by atoms with Crippen LogP contribution in [0.25, 0.3) is 0 Å². The first kappa shape index (κ1) is 20.0. The summed E-state index contributed by atoms with van der Waals surface area (Å²) in [5.41, 5.74) is 2.79. The second-order valence-corrected chi connectivity index (χ2v) is 6.03. The normalized spacial score (nSPS) is 15.7. The quantitative estimate of drug-likeness (QED) is 0.883. The number of piperidine rings is 1. The summed E-state index contributed by atoms with van der Waals surface area (Å²) in [6.07, 6.45) is 4.61. The van der Waals surface area contributed by atoms with Gasteiger partial charge < -0.3 is 9.88 Å². The van der Waals surface area contributed by atoms with Crippen LogP contribution < -0.4 is 5.32 Å². The average molecular weight is 356 g/mol. The summed E-state index contributed by atoms with van der Waals surface area (Å²) in [6.45, 7) is 4.46. The van der Waals surface area contributed by atoms with Crippen LogP contribution in [-0.4, -0.2) is 28.6 Å². The molecule has 0 aliphatic carbocycles. The molecule has 1 aromatic heterocycles. The molecule has 0 unspecified atom stereocenters. The second kappa shape index (κ2) is 9.99. The van der Waals surface area contributed by atoms with Crippen LogP contribution in [0.1, 0.15) is 24.1 Å². The molecular weight excluding hydrogens is 329 g/mol. The van der Waals surface area contributed by atoms with Crippen LogP contribution >= 0.6 is 24.8 Å². The van der Waals surface area contributed by atoms with Crippen LogP contribution in [0, 0.1) is 0 Å². The third-order valence-corrected chi connectivity index (χ3v) is 4.46. The van der Waals surface area contributed by atoms with Crippen LogP contribution in [0.3, 0.4) is 0 Å². The van der Waals surface area contributed by atoms with Gasteiger partial charge in [-0.05, 0) is 43.6 Å². The molecule has 1 N–H and O–H groups in total. The highest BCUT2D eigenvalue weighted by Crippen LogP contribution is 2.14. The summed E-state index contributed by atoms with van der Waals surface area (Å²) < 4.78 is 2.19. The fourth-order valence-corrected chi connectivity index (χ4v) is 3.07. The van der Waals surface area contributed by atoms with E-state index in [1.165, 1.54) is 37.2 Å².